The molecule has 0 bridgehead atoms. The summed E-state index contributed by atoms with van der Waals surface area (Å²) in [6.45, 7) is 4.77. The van der Waals surface area contributed by atoms with Crippen molar-refractivity contribution in [2.45, 2.75) is 121 Å². The van der Waals surface area contributed by atoms with Crippen LogP contribution in [0.2, 0.25) is 0 Å². The lowest BCUT2D eigenvalue weighted by Crippen LogP contribution is -2.49. The summed E-state index contributed by atoms with van der Waals surface area (Å²) in [5, 5.41) is 28.1. The lowest BCUT2D eigenvalue weighted by molar-refractivity contribution is 0.0676. The highest BCUT2D eigenvalue weighted by molar-refractivity contribution is 6.64. The number of carbonyl (C=O) groups is 4. The summed E-state index contributed by atoms with van der Waals surface area (Å²) in [6.07, 6.45) is 9.72. The minimum absolute atomic E-state index is 0. The Morgan fingerprint density at radius 3 is 1.82 bits per heavy atom. The van der Waals surface area contributed by atoms with Crippen LogP contribution in [0.15, 0.2) is 85.2 Å². The molecule has 4 aliphatic heterocycles. The van der Waals surface area contributed by atoms with Gasteiger partial charge in [-0.15, -0.1) is 0 Å². The van der Waals surface area contributed by atoms with Gasteiger partial charge in [-0.25, -0.2) is 9.97 Å². The molecule has 4 aliphatic rings. The predicted molar refractivity (Wildman–Crippen MR) is 251 cm³/mol. The number of carbonyl (C=O) groups excluding carboxylic acids is 4. The maximum absolute atomic E-state index is 12.7. The zero-order valence-electron chi connectivity index (χ0n) is 36.3. The van der Waals surface area contributed by atoms with Crippen molar-refractivity contribution in [1.82, 2.24) is 30.2 Å². The van der Waals surface area contributed by atoms with Crippen molar-refractivity contribution >= 4 is 38.8 Å². The molecular weight excluding hydrogens is 822 g/mol. The third kappa shape index (κ3) is 14.2. The van der Waals surface area contributed by atoms with E-state index in [0.29, 0.717) is 55.1 Å². The first kappa shape index (κ1) is 49.3. The lowest BCUT2D eigenvalue weighted by atomic mass is 9.81. The van der Waals surface area contributed by atoms with E-state index >= 15 is 0 Å². The number of hydrogen-bond acceptors (Lipinski definition) is 14. The van der Waals surface area contributed by atoms with E-state index in [2.05, 4.69) is 32.7 Å². The molecule has 4 N–H and O–H groups in total. The lowest BCUT2D eigenvalue weighted by Gasteiger charge is -2.38. The Hall–Kier alpha value is -5.09. The third-order valence-electron chi connectivity index (χ3n) is 12.7. The molecule has 16 heteroatoms. The molecule has 2 saturated heterocycles. The fourth-order valence-electron chi connectivity index (χ4n) is 8.87. The van der Waals surface area contributed by atoms with E-state index in [1.807, 2.05) is 46.0 Å². The minimum atomic E-state index is -0.749. The van der Waals surface area contributed by atoms with Crippen molar-refractivity contribution in [2.24, 2.45) is 0 Å². The van der Waals surface area contributed by atoms with Crippen molar-refractivity contribution < 1.29 is 38.9 Å². The number of fused-ring (bicyclic) bond motifs is 2. The first-order valence-electron chi connectivity index (χ1n) is 22.6. The highest BCUT2D eigenvalue weighted by atomic mass is 16.5. The standard InChI is InChI=1S/C25H29B2N3O5.C23H29N3O3.CH4/c31-16-26-29-11-9-21(10-12-29)35-25-8-5-19(14-28-25)23(33)6-7-24(34)22-13-18-3-1-2-4-20(18)15-30(22)27-17-32;27-21(18-5-8-23(26-15-18)29-19-9-11-24-12-10-19)6-7-22(28)20-13-16-3-1-2-4-17(16)14-25-20;/h1-5,8,14,16-17,21-22,24,34H,6-7,9-13,15H2;1-5,8,15,19-20,22,24-25,28H,6-7,9-14H2;1H4/t22-,24+;20-,22+;/m00./s1. The Bertz CT molecular complexity index is 2140. The van der Waals surface area contributed by atoms with Gasteiger partial charge in [0.15, 0.2) is 11.6 Å². The molecule has 65 heavy (non-hydrogen) atoms. The van der Waals surface area contributed by atoms with Gasteiger partial charge in [0.25, 0.3) is 14.8 Å². The second kappa shape index (κ2) is 25.0. The van der Waals surface area contributed by atoms with Gasteiger partial charge in [0.2, 0.25) is 11.8 Å². The number of nitrogens with zero attached hydrogens (tertiary/aromatic N) is 4. The minimum Gasteiger partial charge on any atom is -0.474 e. The summed E-state index contributed by atoms with van der Waals surface area (Å²) in [5.74, 6) is 0.947. The number of nitrogens with one attached hydrogen (secondary N) is 2. The van der Waals surface area contributed by atoms with E-state index in [0.717, 1.165) is 88.3 Å². The largest absolute Gasteiger partial charge is 0.474 e. The van der Waals surface area contributed by atoms with Crippen LogP contribution < -0.4 is 20.1 Å². The van der Waals surface area contributed by atoms with Gasteiger partial charge in [0.05, 0.1) is 24.6 Å². The maximum Gasteiger partial charge on any atom is 0.293 e. The van der Waals surface area contributed by atoms with Crippen LogP contribution in [0.1, 0.15) is 102 Å². The summed E-state index contributed by atoms with van der Waals surface area (Å²) in [4.78, 5) is 59.4. The van der Waals surface area contributed by atoms with E-state index in [1.54, 1.807) is 37.9 Å². The average molecular weight is 885 g/mol. The number of aromatic nitrogens is 2. The number of rotatable bonds is 18. The number of aliphatic hydroxyl groups is 2. The van der Waals surface area contributed by atoms with Crippen molar-refractivity contribution in [3.05, 3.63) is 119 Å². The van der Waals surface area contributed by atoms with Crippen LogP contribution in [0.5, 0.6) is 11.8 Å². The second-order valence-electron chi connectivity index (χ2n) is 17.0. The molecular formula is C49H62B2N6O8. The predicted octanol–water partition coefficient (Wildman–Crippen LogP) is 4.18. The summed E-state index contributed by atoms with van der Waals surface area (Å²) in [6, 6.07) is 23.0. The molecule has 0 spiro atoms. The summed E-state index contributed by atoms with van der Waals surface area (Å²) in [5.41, 5.74) is 5.90. The van der Waals surface area contributed by atoms with Crippen LogP contribution in [-0.4, -0.2) is 131 Å². The highest BCUT2D eigenvalue weighted by Gasteiger charge is 2.32. The van der Waals surface area contributed by atoms with Gasteiger partial charge in [-0.05, 0) is 112 Å². The summed E-state index contributed by atoms with van der Waals surface area (Å²) in [7, 11) is 3.02. The monoisotopic (exact) mass is 884 g/mol. The van der Waals surface area contributed by atoms with Crippen LogP contribution in [-0.2, 0) is 35.5 Å². The van der Waals surface area contributed by atoms with Crippen LogP contribution >= 0.6 is 0 Å². The van der Waals surface area contributed by atoms with Crippen molar-refractivity contribution in [3.8, 4) is 11.8 Å². The molecule has 2 radical (unpaired) electrons. The zero-order valence-corrected chi connectivity index (χ0v) is 36.3. The number of benzene rings is 2. The van der Waals surface area contributed by atoms with E-state index in [9.17, 15) is 29.4 Å². The first-order valence-corrected chi connectivity index (χ1v) is 22.6. The molecule has 0 saturated carbocycles. The fourth-order valence-corrected chi connectivity index (χ4v) is 8.87. The topological polar surface area (TPSA) is 184 Å². The van der Waals surface area contributed by atoms with E-state index in [-0.39, 0.29) is 49.7 Å². The Morgan fingerprint density at radius 1 is 0.708 bits per heavy atom. The molecule has 2 aromatic heterocycles. The molecule has 0 unspecified atom stereocenters. The van der Waals surface area contributed by atoms with Crippen LogP contribution in [0.3, 0.4) is 0 Å². The third-order valence-corrected chi connectivity index (χ3v) is 12.7. The van der Waals surface area contributed by atoms with Gasteiger partial charge in [0, 0.05) is 73.7 Å². The molecule has 8 rings (SSSR count). The van der Waals surface area contributed by atoms with Crippen molar-refractivity contribution in [2.75, 3.05) is 26.2 Å². The van der Waals surface area contributed by atoms with E-state index in [1.165, 1.54) is 24.7 Å². The SMILES string of the molecule is C.O=C(CC[C@@H](O)[C@@H]1Cc2ccccc2CN1)c1ccc(OC2CCNCC2)nc1.O=C[B]N1CCC(Oc2ccc(C(=O)CC[C@@H](O)[C@@H]3Cc4ccccc4CN3[B]C=O)cn2)CC1. The van der Waals surface area contributed by atoms with E-state index in [4.69, 9.17) is 9.47 Å². The zero-order chi connectivity index (χ0) is 44.7. The van der Waals surface area contributed by atoms with Gasteiger partial charge in [-0.2, -0.15) is 0 Å². The number of aliphatic hydroxyl groups excluding tert-OH is 2. The smallest absolute Gasteiger partial charge is 0.293 e. The number of hydrogen-bond donors (Lipinski definition) is 4. The van der Waals surface area contributed by atoms with Crippen LogP contribution in [0.4, 0.5) is 0 Å². The Balaban J connectivity index is 0.000000216. The number of pyridine rings is 2. The maximum atomic E-state index is 12.7. The van der Waals surface area contributed by atoms with Crippen molar-refractivity contribution in [1.29, 1.82) is 0 Å². The molecule has 6 heterocycles. The highest BCUT2D eigenvalue weighted by Crippen LogP contribution is 2.27. The molecule has 4 atom stereocenters. The molecule has 2 aromatic carbocycles. The van der Waals surface area contributed by atoms with Crippen LogP contribution in [0, 0.1) is 0 Å². The van der Waals surface area contributed by atoms with Gasteiger partial charge < -0.3 is 49.5 Å². The Morgan fingerprint density at radius 2 is 1.25 bits per heavy atom. The van der Waals surface area contributed by atoms with Gasteiger partial charge >= 0.3 is 0 Å². The molecule has 0 amide bonds. The van der Waals surface area contributed by atoms with Gasteiger partial charge in [-0.3, -0.25) is 9.59 Å². The summed E-state index contributed by atoms with van der Waals surface area (Å²) < 4.78 is 11.8. The Kier molecular flexibility index (Phi) is 19.0. The second-order valence-corrected chi connectivity index (χ2v) is 17.0. The average Bonchev–Trinajstić information content (AvgIpc) is 3.33. The van der Waals surface area contributed by atoms with Gasteiger partial charge in [0.1, 0.15) is 12.2 Å². The number of Topliss-reactive ketones (excluding diaryl/α,β-unsaturated/α-hetero) is 2. The molecule has 0 aliphatic carbocycles. The summed E-state index contributed by atoms with van der Waals surface area (Å²) >= 11 is 0. The van der Waals surface area contributed by atoms with Crippen LogP contribution in [0.25, 0.3) is 0 Å². The molecule has 4 aromatic rings. The Labute approximate surface area is 384 Å². The van der Waals surface area contributed by atoms with Crippen molar-refractivity contribution in [3.63, 3.8) is 0 Å². The quantitative estimate of drug-likeness (QED) is 0.0635. The normalized spacial score (nSPS) is 19.9. The van der Waals surface area contributed by atoms with E-state index < -0.39 is 12.2 Å². The molecule has 2 fully saturated rings. The fraction of sp³-hybridized carbons (Fsp3) is 0.469. The van der Waals surface area contributed by atoms with Gasteiger partial charge in [-0.1, -0.05) is 56.0 Å². The first-order chi connectivity index (χ1) is 31.3. The number of piperidine rings is 2. The molecule has 14 nitrogen and oxygen atoms in total. The molecule has 342 valence electrons. The number of ether oxygens (including phenoxy) is 2. The number of ketones is 2.